The van der Waals surface area contributed by atoms with Crippen molar-refractivity contribution in [3.63, 3.8) is 0 Å². The van der Waals surface area contributed by atoms with Crippen molar-refractivity contribution in [1.82, 2.24) is 0 Å². The Morgan fingerprint density at radius 1 is 0.742 bits per heavy atom. The first-order valence-electron chi connectivity index (χ1n) is 10.2. The molecule has 3 aromatic rings. The molecule has 1 unspecified atom stereocenters. The van der Waals surface area contributed by atoms with Gasteiger partial charge in [0, 0.05) is 11.1 Å². The molecule has 0 bridgehead atoms. The molecule has 0 saturated carbocycles. The van der Waals surface area contributed by atoms with Gasteiger partial charge in [-0.2, -0.15) is 0 Å². The Morgan fingerprint density at radius 3 is 1.77 bits per heavy atom. The molecule has 0 N–H and O–H groups in total. The van der Waals surface area contributed by atoms with E-state index in [2.05, 4.69) is 105 Å². The van der Waals surface area contributed by atoms with E-state index in [9.17, 15) is 0 Å². The molecule has 2 aliphatic rings. The molecule has 0 aromatic heterocycles. The maximum absolute atomic E-state index is 4.05. The van der Waals surface area contributed by atoms with E-state index in [1.807, 2.05) is 0 Å². The molecule has 0 fully saturated rings. The van der Waals surface area contributed by atoms with Crippen molar-refractivity contribution in [2.24, 2.45) is 0 Å². The Hall–Kier alpha value is -1.18. The maximum Gasteiger partial charge on any atom is 2.00 e. The number of benzene rings is 3. The molecule has 1 atom stereocenters. The molecule has 0 nitrogen and oxygen atoms in total. The summed E-state index contributed by atoms with van der Waals surface area (Å²) in [4.78, 5) is 0. The fourth-order valence-corrected chi connectivity index (χ4v) is 10.4. The average Bonchev–Trinajstić information content (AvgIpc) is 3.24. The van der Waals surface area contributed by atoms with Crippen molar-refractivity contribution in [3.05, 3.63) is 113 Å². The van der Waals surface area contributed by atoms with Crippen LogP contribution in [0, 0.1) is 0 Å². The number of fused-ring (bicyclic) bond motifs is 4. The van der Waals surface area contributed by atoms with Crippen LogP contribution < -0.4 is 24.8 Å². The van der Waals surface area contributed by atoms with Gasteiger partial charge in [0.05, 0.1) is 8.07 Å². The third-order valence-electron chi connectivity index (χ3n) is 6.72. The van der Waals surface area contributed by atoms with Crippen LogP contribution in [-0.2, 0) is 26.2 Å². The van der Waals surface area contributed by atoms with Crippen LogP contribution in [0.4, 0.5) is 0 Å². The van der Waals surface area contributed by atoms with Crippen LogP contribution in [0.3, 0.4) is 0 Å². The van der Waals surface area contributed by atoms with Crippen LogP contribution in [0.1, 0.15) is 39.8 Å². The van der Waals surface area contributed by atoms with E-state index in [1.54, 1.807) is 5.57 Å². The first-order valence-corrected chi connectivity index (χ1v) is 13.4. The maximum atomic E-state index is 4.05. The van der Waals surface area contributed by atoms with Crippen molar-refractivity contribution >= 4 is 14.1 Å². The van der Waals surface area contributed by atoms with E-state index in [0.29, 0.717) is 11.1 Å². The molecule has 4 heteroatoms. The zero-order chi connectivity index (χ0) is 19.3. The van der Waals surface area contributed by atoms with Crippen molar-refractivity contribution < 1.29 is 51.0 Å². The summed E-state index contributed by atoms with van der Waals surface area (Å²) in [6, 6.07) is 27.1. The molecule has 156 valence electrons. The van der Waals surface area contributed by atoms with Crippen molar-refractivity contribution in [2.75, 3.05) is 0 Å². The molecular weight excluding hydrogens is 515 g/mol. The minimum Gasteiger partial charge on any atom is -1.00 e. The molecule has 0 spiro atoms. The minimum atomic E-state index is -1.81. The van der Waals surface area contributed by atoms with Gasteiger partial charge < -0.3 is 24.8 Å². The second-order valence-corrected chi connectivity index (χ2v) is 13.5. The monoisotopic (exact) mass is 538 g/mol. The van der Waals surface area contributed by atoms with E-state index in [4.69, 9.17) is 0 Å². The van der Waals surface area contributed by atoms with E-state index in [1.165, 1.54) is 33.4 Å². The Kier molecular flexibility index (Phi) is 8.56. The van der Waals surface area contributed by atoms with Gasteiger partial charge in [0.15, 0.2) is 0 Å². The van der Waals surface area contributed by atoms with Crippen molar-refractivity contribution in [2.45, 2.75) is 30.6 Å². The number of hydrogen-bond donors (Lipinski definition) is 0. The summed E-state index contributed by atoms with van der Waals surface area (Å²) in [5.74, 6) is 0. The number of hydrogen-bond acceptors (Lipinski definition) is 0. The SMILES string of the molecule is C=CCC1=Cc2ccccc2C1[Si](C)(C)C1c2ccccc2-c2ccccc21.[Cl-].[Cl-].[Zr+2]. The van der Waals surface area contributed by atoms with Gasteiger partial charge in [-0.05, 0) is 39.8 Å². The van der Waals surface area contributed by atoms with Gasteiger partial charge in [-0.15, -0.1) is 6.58 Å². The Bertz CT molecular complexity index is 1070. The van der Waals surface area contributed by atoms with Gasteiger partial charge in [0.1, 0.15) is 0 Å². The Labute approximate surface area is 218 Å². The van der Waals surface area contributed by atoms with Crippen molar-refractivity contribution in [1.29, 1.82) is 0 Å². The fourth-order valence-electron chi connectivity index (χ4n) is 5.73. The predicted molar refractivity (Wildman–Crippen MR) is 123 cm³/mol. The number of rotatable bonds is 4. The third-order valence-corrected chi connectivity index (χ3v) is 11.0. The largest absolute Gasteiger partial charge is 2.00 e. The van der Waals surface area contributed by atoms with Crippen molar-refractivity contribution in [3.8, 4) is 11.1 Å². The second kappa shape index (κ2) is 10.2. The van der Waals surface area contributed by atoms with Crippen LogP contribution >= 0.6 is 0 Å². The molecule has 0 amide bonds. The molecule has 2 aliphatic carbocycles. The smallest absolute Gasteiger partial charge is 1.00 e. The summed E-state index contributed by atoms with van der Waals surface area (Å²) in [6.45, 7) is 9.24. The molecule has 3 aromatic carbocycles. The van der Waals surface area contributed by atoms with Gasteiger partial charge in [-0.25, -0.2) is 0 Å². The van der Waals surface area contributed by atoms with Gasteiger partial charge in [-0.3, -0.25) is 0 Å². The summed E-state index contributed by atoms with van der Waals surface area (Å²) in [7, 11) is -1.81. The molecule has 0 aliphatic heterocycles. The molecule has 0 heterocycles. The topological polar surface area (TPSA) is 0 Å². The van der Waals surface area contributed by atoms with Crippen LogP contribution in [-0.4, -0.2) is 8.07 Å². The summed E-state index contributed by atoms with van der Waals surface area (Å²) in [6.07, 6.45) is 5.49. The first-order chi connectivity index (χ1) is 13.6. The first kappa shape index (κ1) is 26.1. The molecule has 31 heavy (non-hydrogen) atoms. The van der Waals surface area contributed by atoms with Crippen LogP contribution in [0.25, 0.3) is 17.2 Å². The quantitative estimate of drug-likeness (QED) is 0.346. The van der Waals surface area contributed by atoms with Crippen LogP contribution in [0.5, 0.6) is 0 Å². The van der Waals surface area contributed by atoms with Crippen LogP contribution in [0.15, 0.2) is 91.0 Å². The number of allylic oxidation sites excluding steroid dienone is 2. The third kappa shape index (κ3) is 4.13. The normalized spacial score (nSPS) is 15.9. The Morgan fingerprint density at radius 2 is 1.23 bits per heavy atom. The zero-order valence-electron chi connectivity index (χ0n) is 17.9. The summed E-state index contributed by atoms with van der Waals surface area (Å²) >= 11 is 0. The second-order valence-electron chi connectivity index (χ2n) is 8.70. The van der Waals surface area contributed by atoms with Gasteiger partial charge >= 0.3 is 26.2 Å². The molecule has 0 saturated heterocycles. The average molecular weight is 541 g/mol. The Balaban J connectivity index is 0.00000114. The molecular formula is C27H26Cl2SiZr. The van der Waals surface area contributed by atoms with Gasteiger partial charge in [-0.1, -0.05) is 104 Å². The molecule has 5 rings (SSSR count). The van der Waals surface area contributed by atoms with E-state index in [0.717, 1.165) is 6.42 Å². The number of halogens is 2. The van der Waals surface area contributed by atoms with E-state index in [-0.39, 0.29) is 51.0 Å². The fraction of sp³-hybridized carbons (Fsp3) is 0.185. The van der Waals surface area contributed by atoms with Gasteiger partial charge in [0.25, 0.3) is 0 Å². The summed E-state index contributed by atoms with van der Waals surface area (Å²) < 4.78 is 0. The zero-order valence-corrected chi connectivity index (χ0v) is 22.9. The van der Waals surface area contributed by atoms with E-state index < -0.39 is 8.07 Å². The molecule has 0 radical (unpaired) electrons. The minimum absolute atomic E-state index is 0. The van der Waals surface area contributed by atoms with Gasteiger partial charge in [0.2, 0.25) is 0 Å². The van der Waals surface area contributed by atoms with Crippen LogP contribution in [0.2, 0.25) is 13.1 Å². The summed E-state index contributed by atoms with van der Waals surface area (Å²) in [5.41, 5.74) is 11.5. The predicted octanol–water partition coefficient (Wildman–Crippen LogP) is 1.35. The standard InChI is InChI=1S/C27H26Si.2ClH.Zr/c1-4-11-20-18-19-12-5-6-13-21(19)26(20)28(2,3)27-24-16-9-7-14-22(24)23-15-8-10-17-25(23)27;;;/h4-10,12-18,26-27H,1,11H2,2-3H3;2*1H;/q;;;+2/p-2. The summed E-state index contributed by atoms with van der Waals surface area (Å²) in [5, 5.41) is 0. The van der Waals surface area contributed by atoms with E-state index >= 15 is 0 Å².